The molecular weight excluding hydrogens is 710 g/mol. The first-order valence-electron chi connectivity index (χ1n) is 13.7. The predicted molar refractivity (Wildman–Crippen MR) is 179 cm³/mol. The van der Waals surface area contributed by atoms with Gasteiger partial charge in [-0.25, -0.2) is 4.99 Å². The van der Waals surface area contributed by atoms with Crippen LogP contribution in [0.5, 0.6) is 5.75 Å². The lowest BCUT2D eigenvalue weighted by Crippen LogP contribution is -2.49. The van der Waals surface area contributed by atoms with Crippen LogP contribution in [-0.4, -0.2) is 35.7 Å². The summed E-state index contributed by atoms with van der Waals surface area (Å²) in [7, 11) is 0. The van der Waals surface area contributed by atoms with Gasteiger partial charge in [0.1, 0.15) is 5.75 Å². The lowest BCUT2D eigenvalue weighted by atomic mass is 9.82. The van der Waals surface area contributed by atoms with E-state index in [9.17, 15) is 4.79 Å². The van der Waals surface area contributed by atoms with Gasteiger partial charge < -0.3 is 19.9 Å². The van der Waals surface area contributed by atoms with Gasteiger partial charge in [-0.05, 0) is 71.8 Å². The Morgan fingerprint density at radius 2 is 1.61 bits per heavy atom. The van der Waals surface area contributed by atoms with E-state index in [1.165, 1.54) is 0 Å². The molecule has 228 valence electrons. The third kappa shape index (κ3) is 7.53. The Bertz CT molecular complexity index is 1670. The summed E-state index contributed by atoms with van der Waals surface area (Å²) < 4.78 is 13.1. The van der Waals surface area contributed by atoms with Gasteiger partial charge in [0, 0.05) is 61.7 Å². The zero-order valence-electron chi connectivity index (χ0n) is 23.2. The number of aliphatic hydroxyl groups is 1. The van der Waals surface area contributed by atoms with Crippen LogP contribution in [0.25, 0.3) is 0 Å². The third-order valence-electron chi connectivity index (χ3n) is 7.12. The van der Waals surface area contributed by atoms with E-state index in [0.29, 0.717) is 55.6 Å². The van der Waals surface area contributed by atoms with Crippen molar-refractivity contribution >= 4 is 74.1 Å². The minimum absolute atomic E-state index is 0.0457. The number of aliphatic imine (C=N–C) groups is 1. The minimum atomic E-state index is -1.46. The van der Waals surface area contributed by atoms with E-state index in [2.05, 4.69) is 21.2 Å². The number of rotatable bonds is 11. The topological polar surface area (TPSA) is 80.2 Å². The van der Waals surface area contributed by atoms with E-state index < -0.39 is 11.6 Å². The summed E-state index contributed by atoms with van der Waals surface area (Å²) in [6, 6.07) is 25.1. The van der Waals surface area contributed by atoms with Gasteiger partial charge in [-0.1, -0.05) is 86.6 Å². The van der Waals surface area contributed by atoms with Gasteiger partial charge in [0.25, 0.3) is 5.91 Å². The number of halogens is 5. The molecule has 4 aromatic rings. The Morgan fingerprint density at radius 1 is 0.932 bits per heavy atom. The van der Waals surface area contributed by atoms with Crippen LogP contribution in [0.4, 0.5) is 0 Å². The van der Waals surface area contributed by atoms with Gasteiger partial charge in [0.15, 0.2) is 11.6 Å². The van der Waals surface area contributed by atoms with Crippen molar-refractivity contribution in [3.63, 3.8) is 0 Å². The molecule has 0 aromatic heterocycles. The maximum Gasteiger partial charge on any atom is 0.252 e. The van der Waals surface area contributed by atoms with Gasteiger partial charge in [-0.15, -0.1) is 0 Å². The van der Waals surface area contributed by atoms with Crippen molar-refractivity contribution in [2.75, 3.05) is 13.2 Å². The monoisotopic (exact) mass is 734 g/mol. The van der Waals surface area contributed by atoms with Crippen LogP contribution in [0, 0.1) is 0 Å². The van der Waals surface area contributed by atoms with Gasteiger partial charge in [0.05, 0.1) is 6.61 Å². The maximum atomic E-state index is 14.4. The number of hydrogen-bond donors (Lipinski definition) is 2. The van der Waals surface area contributed by atoms with Crippen molar-refractivity contribution < 1.29 is 19.4 Å². The number of ether oxygens (including phenoxy) is 2. The lowest BCUT2D eigenvalue weighted by molar-refractivity contribution is -0.129. The number of nitrogens with zero attached hydrogens (tertiary/aromatic N) is 1. The molecule has 6 nitrogen and oxygen atoms in total. The molecule has 1 heterocycles. The van der Waals surface area contributed by atoms with Gasteiger partial charge in [0.2, 0.25) is 5.90 Å². The normalized spacial score (nSPS) is 17.6. The van der Waals surface area contributed by atoms with Crippen molar-refractivity contribution in [2.24, 2.45) is 4.99 Å². The molecule has 44 heavy (non-hydrogen) atoms. The van der Waals surface area contributed by atoms with E-state index in [0.717, 1.165) is 10.0 Å². The Labute approximate surface area is 284 Å². The molecular formula is C33H27BrCl4N2O4. The predicted octanol–water partition coefficient (Wildman–Crippen LogP) is 8.64. The second-order valence-corrected chi connectivity index (χ2v) is 12.8. The van der Waals surface area contributed by atoms with Crippen molar-refractivity contribution in [3.05, 3.63) is 132 Å². The summed E-state index contributed by atoms with van der Waals surface area (Å²) in [6.45, 7) is 0.575. The van der Waals surface area contributed by atoms with Crippen LogP contribution in [0.15, 0.2) is 94.4 Å². The lowest BCUT2D eigenvalue weighted by Gasteiger charge is -2.31. The summed E-state index contributed by atoms with van der Waals surface area (Å²) >= 11 is 29.0. The van der Waals surface area contributed by atoms with Crippen LogP contribution in [0.3, 0.4) is 0 Å². The quantitative estimate of drug-likeness (QED) is 0.151. The fourth-order valence-electron chi connectivity index (χ4n) is 4.88. The number of benzene rings is 4. The number of amides is 1. The second-order valence-electron chi connectivity index (χ2n) is 10.2. The molecule has 11 heteroatoms. The molecule has 1 aliphatic heterocycles. The molecule has 0 fully saturated rings. The second kappa shape index (κ2) is 14.5. The Balaban J connectivity index is 1.58. The molecule has 0 saturated carbocycles. The van der Waals surface area contributed by atoms with Gasteiger partial charge in [-0.2, -0.15) is 0 Å². The summed E-state index contributed by atoms with van der Waals surface area (Å²) in [5.41, 5.74) is 1.32. The molecule has 0 aliphatic carbocycles. The first kappa shape index (κ1) is 32.6. The fraction of sp³-hybridized carbons (Fsp3) is 0.212. The Hall–Kier alpha value is -2.78. The zero-order chi connectivity index (χ0) is 31.3. The number of aliphatic hydroxyl groups excluding tert-OH is 1. The molecule has 0 unspecified atom stereocenters. The van der Waals surface area contributed by atoms with Crippen LogP contribution < -0.4 is 10.1 Å². The molecule has 4 aromatic carbocycles. The Kier molecular flexibility index (Phi) is 10.8. The van der Waals surface area contributed by atoms with E-state index in [1.54, 1.807) is 48.5 Å². The fourth-order valence-corrected chi connectivity index (χ4v) is 6.13. The highest BCUT2D eigenvalue weighted by molar-refractivity contribution is 9.10. The summed E-state index contributed by atoms with van der Waals surface area (Å²) in [4.78, 5) is 19.5. The highest BCUT2D eigenvalue weighted by atomic mass is 79.9. The maximum absolute atomic E-state index is 14.4. The van der Waals surface area contributed by atoms with Crippen LogP contribution in [0.2, 0.25) is 20.1 Å². The molecule has 0 spiro atoms. The molecule has 2 atom stereocenters. The Morgan fingerprint density at radius 3 is 2.27 bits per heavy atom. The van der Waals surface area contributed by atoms with Crippen molar-refractivity contribution in [1.82, 2.24) is 5.32 Å². The largest absolute Gasteiger partial charge is 0.494 e. The number of hydrogen-bond acceptors (Lipinski definition) is 5. The number of carbonyl (C=O) groups excluding carboxylic acids is 1. The van der Waals surface area contributed by atoms with Gasteiger partial charge in [-0.3, -0.25) is 4.79 Å². The van der Waals surface area contributed by atoms with Crippen LogP contribution >= 0.6 is 62.3 Å². The van der Waals surface area contributed by atoms with Crippen LogP contribution in [0.1, 0.15) is 34.8 Å². The number of nitrogens with one attached hydrogen (secondary N) is 1. The first-order chi connectivity index (χ1) is 21.2. The standard InChI is InChI=1S/C33H27BrCl4N2O4/c34-23-7-2-20(3-8-23)18-33(32(42)39-19-22-4-9-24(35)16-28(22)37)30(27-13-10-25(36)17-29(27)38)44-31(40-33)21-5-11-26(12-6-21)43-15-1-14-41/h2-13,16-17,30,41H,1,14-15,18-19H2,(H,39,42)/t30-,33-/m1/s1. The average Bonchev–Trinajstić information content (AvgIpc) is 3.38. The smallest absolute Gasteiger partial charge is 0.252 e. The highest BCUT2D eigenvalue weighted by Crippen LogP contribution is 2.45. The minimum Gasteiger partial charge on any atom is -0.494 e. The SMILES string of the molecule is O=C(NCc1ccc(Cl)cc1Cl)[C@]1(Cc2ccc(Br)cc2)N=C(c2ccc(OCCCO)cc2)O[C@@H]1c1ccc(Cl)cc1Cl. The third-order valence-corrected chi connectivity index (χ3v) is 8.79. The van der Waals surface area contributed by atoms with Gasteiger partial charge >= 0.3 is 0 Å². The molecule has 0 saturated heterocycles. The molecule has 5 rings (SSSR count). The molecule has 2 N–H and O–H groups in total. The molecule has 0 radical (unpaired) electrons. The molecule has 1 amide bonds. The highest BCUT2D eigenvalue weighted by Gasteiger charge is 2.53. The first-order valence-corrected chi connectivity index (χ1v) is 16.0. The van der Waals surface area contributed by atoms with Crippen molar-refractivity contribution in [3.8, 4) is 5.75 Å². The van der Waals surface area contributed by atoms with E-state index >= 15 is 0 Å². The molecule has 0 bridgehead atoms. The van der Waals surface area contributed by atoms with Crippen molar-refractivity contribution in [2.45, 2.75) is 31.0 Å². The number of carbonyl (C=O) groups is 1. The molecule has 1 aliphatic rings. The summed E-state index contributed by atoms with van der Waals surface area (Å²) in [5, 5.41) is 13.8. The van der Waals surface area contributed by atoms with Crippen molar-refractivity contribution in [1.29, 1.82) is 0 Å². The van der Waals surface area contributed by atoms with E-state index in [1.807, 2.05) is 36.4 Å². The zero-order valence-corrected chi connectivity index (χ0v) is 27.8. The summed E-state index contributed by atoms with van der Waals surface area (Å²) in [6.07, 6.45) is -0.168. The van der Waals surface area contributed by atoms with E-state index in [-0.39, 0.29) is 31.4 Å². The average molecular weight is 737 g/mol. The summed E-state index contributed by atoms with van der Waals surface area (Å²) in [5.74, 6) is 0.540. The van der Waals surface area contributed by atoms with E-state index in [4.69, 9.17) is 66.0 Å². The van der Waals surface area contributed by atoms with Crippen LogP contribution in [-0.2, 0) is 22.5 Å².